The van der Waals surface area contributed by atoms with Gasteiger partial charge in [-0.15, -0.1) is 0 Å². The predicted octanol–water partition coefficient (Wildman–Crippen LogP) is 2.85. The summed E-state index contributed by atoms with van der Waals surface area (Å²) < 4.78 is 0. The summed E-state index contributed by atoms with van der Waals surface area (Å²) >= 11 is 0. The van der Waals surface area contributed by atoms with Gasteiger partial charge in [-0.1, -0.05) is 13.0 Å². The Morgan fingerprint density at radius 1 is 1.37 bits per heavy atom. The van der Waals surface area contributed by atoms with E-state index >= 15 is 0 Å². The molecular formula is C16H27N3. The third kappa shape index (κ3) is 4.02. The third-order valence-electron chi connectivity index (χ3n) is 4.48. The Labute approximate surface area is 117 Å². The van der Waals surface area contributed by atoms with Gasteiger partial charge in [-0.3, -0.25) is 4.98 Å². The van der Waals surface area contributed by atoms with Crippen LogP contribution in [0, 0.1) is 5.92 Å². The average molecular weight is 261 g/mol. The lowest BCUT2D eigenvalue weighted by molar-refractivity contribution is 0.165. The second kappa shape index (κ2) is 7.01. The summed E-state index contributed by atoms with van der Waals surface area (Å²) in [6.07, 6.45) is 6.44. The van der Waals surface area contributed by atoms with Gasteiger partial charge < -0.3 is 10.2 Å². The minimum absolute atomic E-state index is 0.382. The van der Waals surface area contributed by atoms with Gasteiger partial charge in [-0.2, -0.15) is 0 Å². The molecule has 1 aliphatic rings. The first-order valence-electron chi connectivity index (χ1n) is 7.59. The van der Waals surface area contributed by atoms with E-state index in [1.165, 1.54) is 38.0 Å². The SMILES string of the molecule is CCN1CCC(C(C)N[C@H](C)c2cccnc2)CC1. The Balaban J connectivity index is 1.83. The second-order valence-electron chi connectivity index (χ2n) is 5.74. The van der Waals surface area contributed by atoms with Crippen molar-refractivity contribution in [2.45, 2.75) is 45.7 Å². The van der Waals surface area contributed by atoms with Gasteiger partial charge in [0, 0.05) is 24.5 Å². The van der Waals surface area contributed by atoms with E-state index in [0.717, 1.165) is 5.92 Å². The van der Waals surface area contributed by atoms with Crippen LogP contribution < -0.4 is 5.32 Å². The van der Waals surface area contributed by atoms with Crippen LogP contribution in [0.1, 0.15) is 45.2 Å². The Morgan fingerprint density at radius 3 is 2.68 bits per heavy atom. The minimum Gasteiger partial charge on any atom is -0.307 e. The number of piperidine rings is 1. The number of hydrogen-bond acceptors (Lipinski definition) is 3. The van der Waals surface area contributed by atoms with Crippen LogP contribution in [0.3, 0.4) is 0 Å². The van der Waals surface area contributed by atoms with Crippen molar-refractivity contribution < 1.29 is 0 Å². The van der Waals surface area contributed by atoms with E-state index < -0.39 is 0 Å². The Bertz CT molecular complexity index is 358. The molecule has 3 heteroatoms. The molecule has 0 bridgehead atoms. The molecule has 0 saturated carbocycles. The number of nitrogens with one attached hydrogen (secondary N) is 1. The molecule has 1 saturated heterocycles. The van der Waals surface area contributed by atoms with Gasteiger partial charge in [0.05, 0.1) is 0 Å². The molecule has 0 aromatic carbocycles. The minimum atomic E-state index is 0.382. The lowest BCUT2D eigenvalue weighted by Gasteiger charge is -2.35. The number of pyridine rings is 1. The first-order chi connectivity index (χ1) is 9.20. The van der Waals surface area contributed by atoms with Crippen LogP contribution >= 0.6 is 0 Å². The lowest BCUT2D eigenvalue weighted by atomic mass is 9.89. The summed E-state index contributed by atoms with van der Waals surface area (Å²) in [6, 6.07) is 5.12. The zero-order valence-electron chi connectivity index (χ0n) is 12.5. The first kappa shape index (κ1) is 14.5. The topological polar surface area (TPSA) is 28.2 Å². The van der Waals surface area contributed by atoms with Gasteiger partial charge >= 0.3 is 0 Å². The molecule has 0 spiro atoms. The molecule has 0 amide bonds. The van der Waals surface area contributed by atoms with Crippen LogP contribution in [0.25, 0.3) is 0 Å². The zero-order valence-corrected chi connectivity index (χ0v) is 12.5. The zero-order chi connectivity index (χ0) is 13.7. The Hall–Kier alpha value is -0.930. The summed E-state index contributed by atoms with van der Waals surface area (Å²) in [7, 11) is 0. The summed E-state index contributed by atoms with van der Waals surface area (Å²) in [5.74, 6) is 0.807. The molecule has 2 atom stereocenters. The standard InChI is InChI=1S/C16H27N3/c1-4-19-10-7-15(8-11-19)13(2)18-14(3)16-6-5-9-17-12-16/h5-6,9,12-15,18H,4,7-8,10-11H2,1-3H3/t13?,14-/m1/s1. The normalized spacial score (nSPS) is 21.2. The number of nitrogens with zero attached hydrogens (tertiary/aromatic N) is 2. The largest absolute Gasteiger partial charge is 0.307 e. The highest BCUT2D eigenvalue weighted by Gasteiger charge is 2.24. The van der Waals surface area contributed by atoms with Crippen molar-refractivity contribution in [1.29, 1.82) is 0 Å². The summed E-state index contributed by atoms with van der Waals surface area (Å²) in [4.78, 5) is 6.75. The molecule has 0 aliphatic carbocycles. The van der Waals surface area contributed by atoms with Gasteiger partial charge in [0.25, 0.3) is 0 Å². The van der Waals surface area contributed by atoms with Gasteiger partial charge in [0.2, 0.25) is 0 Å². The molecule has 2 heterocycles. The maximum Gasteiger partial charge on any atom is 0.0315 e. The van der Waals surface area contributed by atoms with E-state index in [1.807, 2.05) is 18.5 Å². The van der Waals surface area contributed by atoms with E-state index in [4.69, 9.17) is 0 Å². The van der Waals surface area contributed by atoms with Gasteiger partial charge in [-0.05, 0) is 63.9 Å². The Kier molecular flexibility index (Phi) is 5.34. The molecular weight excluding hydrogens is 234 g/mol. The van der Waals surface area contributed by atoms with Crippen LogP contribution in [0.2, 0.25) is 0 Å². The van der Waals surface area contributed by atoms with E-state index in [0.29, 0.717) is 12.1 Å². The fourth-order valence-corrected chi connectivity index (χ4v) is 3.03. The van der Waals surface area contributed by atoms with Crippen LogP contribution in [0.5, 0.6) is 0 Å². The highest BCUT2D eigenvalue weighted by Crippen LogP contribution is 2.22. The van der Waals surface area contributed by atoms with Crippen molar-refractivity contribution in [2.24, 2.45) is 5.92 Å². The Morgan fingerprint density at radius 2 is 2.11 bits per heavy atom. The van der Waals surface area contributed by atoms with E-state index in [2.05, 4.69) is 42.0 Å². The van der Waals surface area contributed by atoms with Crippen LogP contribution in [-0.4, -0.2) is 35.6 Å². The van der Waals surface area contributed by atoms with Crippen molar-refractivity contribution >= 4 is 0 Å². The van der Waals surface area contributed by atoms with Crippen molar-refractivity contribution in [2.75, 3.05) is 19.6 Å². The lowest BCUT2D eigenvalue weighted by Crippen LogP contribution is -2.42. The van der Waals surface area contributed by atoms with E-state index in [9.17, 15) is 0 Å². The summed E-state index contributed by atoms with van der Waals surface area (Å²) in [5, 5.41) is 3.74. The number of aromatic nitrogens is 1. The molecule has 0 radical (unpaired) electrons. The fourth-order valence-electron chi connectivity index (χ4n) is 3.03. The average Bonchev–Trinajstić information content (AvgIpc) is 2.48. The van der Waals surface area contributed by atoms with Gasteiger partial charge in [0.15, 0.2) is 0 Å². The van der Waals surface area contributed by atoms with Crippen LogP contribution in [0.4, 0.5) is 0 Å². The second-order valence-corrected chi connectivity index (χ2v) is 5.74. The maximum absolute atomic E-state index is 4.20. The van der Waals surface area contributed by atoms with Crippen molar-refractivity contribution in [1.82, 2.24) is 15.2 Å². The van der Waals surface area contributed by atoms with Crippen molar-refractivity contribution in [3.63, 3.8) is 0 Å². The molecule has 1 N–H and O–H groups in total. The molecule has 1 aromatic heterocycles. The summed E-state index contributed by atoms with van der Waals surface area (Å²) in [6.45, 7) is 10.5. The smallest absolute Gasteiger partial charge is 0.0315 e. The number of hydrogen-bond donors (Lipinski definition) is 1. The quantitative estimate of drug-likeness (QED) is 0.883. The van der Waals surface area contributed by atoms with Gasteiger partial charge in [-0.25, -0.2) is 0 Å². The number of rotatable bonds is 5. The predicted molar refractivity (Wildman–Crippen MR) is 80.1 cm³/mol. The molecule has 1 aliphatic heterocycles. The molecule has 1 unspecified atom stereocenters. The van der Waals surface area contributed by atoms with Crippen molar-refractivity contribution in [3.8, 4) is 0 Å². The molecule has 19 heavy (non-hydrogen) atoms. The van der Waals surface area contributed by atoms with Crippen LogP contribution in [-0.2, 0) is 0 Å². The van der Waals surface area contributed by atoms with Crippen molar-refractivity contribution in [3.05, 3.63) is 30.1 Å². The molecule has 1 fully saturated rings. The maximum atomic E-state index is 4.20. The number of likely N-dealkylation sites (tertiary alicyclic amines) is 1. The third-order valence-corrected chi connectivity index (χ3v) is 4.48. The molecule has 1 aromatic rings. The van der Waals surface area contributed by atoms with Crippen LogP contribution in [0.15, 0.2) is 24.5 Å². The van der Waals surface area contributed by atoms with E-state index in [-0.39, 0.29) is 0 Å². The molecule has 106 valence electrons. The molecule has 3 nitrogen and oxygen atoms in total. The highest BCUT2D eigenvalue weighted by atomic mass is 15.1. The first-order valence-corrected chi connectivity index (χ1v) is 7.59. The highest BCUT2D eigenvalue weighted by molar-refractivity contribution is 5.13. The molecule has 2 rings (SSSR count). The van der Waals surface area contributed by atoms with E-state index in [1.54, 1.807) is 0 Å². The monoisotopic (exact) mass is 261 g/mol. The van der Waals surface area contributed by atoms with Gasteiger partial charge in [0.1, 0.15) is 0 Å². The fraction of sp³-hybridized carbons (Fsp3) is 0.688. The summed E-state index contributed by atoms with van der Waals surface area (Å²) in [5.41, 5.74) is 1.28.